The predicted octanol–water partition coefficient (Wildman–Crippen LogP) is 3.24. The first-order valence-corrected chi connectivity index (χ1v) is 10.8. The van der Waals surface area contributed by atoms with Gasteiger partial charge < -0.3 is 14.8 Å². The molecule has 1 saturated heterocycles. The Morgan fingerprint density at radius 2 is 1.89 bits per heavy atom. The number of nitrogens with zero attached hydrogens (tertiary/aromatic N) is 1. The van der Waals surface area contributed by atoms with Gasteiger partial charge in [0.05, 0.1) is 30.9 Å². The monoisotopic (exact) mass is 394 g/mol. The summed E-state index contributed by atoms with van der Waals surface area (Å²) in [5, 5.41) is 3.65. The molecule has 1 aromatic rings. The van der Waals surface area contributed by atoms with Gasteiger partial charge in [0.15, 0.2) is 0 Å². The smallest absolute Gasteiger partial charge is 0.341 e. The first kappa shape index (κ1) is 20.3. The van der Waals surface area contributed by atoms with Crippen molar-refractivity contribution >= 4 is 28.2 Å². The molecule has 1 aliphatic heterocycles. The lowest BCUT2D eigenvalue weighted by atomic mass is 10.1. The van der Waals surface area contributed by atoms with Crippen LogP contribution in [0, 0.1) is 0 Å². The Bertz CT molecular complexity index is 678. The zero-order chi connectivity index (χ0) is 19.4. The third-order valence-electron chi connectivity index (χ3n) is 5.02. The van der Waals surface area contributed by atoms with Crippen LogP contribution < -0.4 is 5.32 Å². The number of anilines is 1. The van der Waals surface area contributed by atoms with E-state index >= 15 is 0 Å². The van der Waals surface area contributed by atoms with Crippen molar-refractivity contribution in [3.63, 3.8) is 0 Å². The molecule has 7 heteroatoms. The molecular formula is C20H30N2O4S. The number of amides is 1. The van der Waals surface area contributed by atoms with Gasteiger partial charge in [-0.2, -0.15) is 0 Å². The number of carbonyl (C=O) groups is 2. The van der Waals surface area contributed by atoms with Crippen LogP contribution in [0.3, 0.4) is 0 Å². The Morgan fingerprint density at radius 1 is 1.19 bits per heavy atom. The van der Waals surface area contributed by atoms with Gasteiger partial charge in [0.2, 0.25) is 5.91 Å². The lowest BCUT2D eigenvalue weighted by Gasteiger charge is -2.34. The van der Waals surface area contributed by atoms with Crippen LogP contribution in [-0.2, 0) is 27.1 Å². The summed E-state index contributed by atoms with van der Waals surface area (Å²) >= 11 is 1.54. The van der Waals surface area contributed by atoms with E-state index < -0.39 is 0 Å². The van der Waals surface area contributed by atoms with E-state index in [1.54, 1.807) is 11.3 Å². The molecule has 1 N–H and O–H groups in total. The van der Waals surface area contributed by atoms with Gasteiger partial charge in [-0.05, 0) is 52.0 Å². The minimum atomic E-state index is -0.319. The molecule has 2 aliphatic rings. The van der Waals surface area contributed by atoms with E-state index in [0.29, 0.717) is 23.7 Å². The molecular weight excluding hydrogens is 364 g/mol. The summed E-state index contributed by atoms with van der Waals surface area (Å²) in [6, 6.07) is 0. The third kappa shape index (κ3) is 5.09. The highest BCUT2D eigenvalue weighted by Crippen LogP contribution is 2.38. The first-order chi connectivity index (χ1) is 13.0. The topological polar surface area (TPSA) is 67.9 Å². The van der Waals surface area contributed by atoms with Crippen LogP contribution in [0.2, 0.25) is 0 Å². The number of ether oxygens (including phenoxy) is 2. The number of hydrogen-bond acceptors (Lipinski definition) is 6. The lowest BCUT2D eigenvalue weighted by molar-refractivity contribution is -0.121. The fraction of sp³-hybridized carbons (Fsp3) is 0.700. The molecule has 0 bridgehead atoms. The molecule has 1 fully saturated rings. The molecule has 3 rings (SSSR count). The second-order valence-corrected chi connectivity index (χ2v) is 8.59. The van der Waals surface area contributed by atoms with Crippen molar-refractivity contribution < 1.29 is 19.1 Å². The predicted molar refractivity (Wildman–Crippen MR) is 107 cm³/mol. The molecule has 0 radical (unpaired) electrons. The van der Waals surface area contributed by atoms with Gasteiger partial charge in [-0.15, -0.1) is 11.3 Å². The van der Waals surface area contributed by atoms with Crippen molar-refractivity contribution in [2.75, 3.05) is 31.6 Å². The Morgan fingerprint density at radius 3 is 2.59 bits per heavy atom. The maximum Gasteiger partial charge on any atom is 0.341 e. The van der Waals surface area contributed by atoms with E-state index in [4.69, 9.17) is 9.47 Å². The molecule has 0 unspecified atom stereocenters. The van der Waals surface area contributed by atoms with Crippen molar-refractivity contribution in [1.29, 1.82) is 0 Å². The molecule has 2 heterocycles. The number of hydrogen-bond donors (Lipinski definition) is 1. The molecule has 27 heavy (non-hydrogen) atoms. The van der Waals surface area contributed by atoms with Crippen LogP contribution in [0.15, 0.2) is 0 Å². The number of thiophene rings is 1. The minimum Gasteiger partial charge on any atom is -0.462 e. The van der Waals surface area contributed by atoms with Gasteiger partial charge in [0.1, 0.15) is 5.00 Å². The number of aryl methyl sites for hydroxylation is 1. The van der Waals surface area contributed by atoms with Crippen LogP contribution in [-0.4, -0.2) is 55.2 Å². The summed E-state index contributed by atoms with van der Waals surface area (Å²) in [6.07, 6.45) is 5.48. The highest BCUT2D eigenvalue weighted by atomic mass is 32.1. The fourth-order valence-corrected chi connectivity index (χ4v) is 5.33. The van der Waals surface area contributed by atoms with Crippen molar-refractivity contribution in [1.82, 2.24) is 4.90 Å². The molecule has 0 aromatic carbocycles. The SMILES string of the molecule is CCOC(=O)c1c(NC(=O)CN2C[C@H](C)O[C@@H](C)C2)sc2c1CCCCC2. The maximum absolute atomic E-state index is 12.7. The van der Waals surface area contributed by atoms with Gasteiger partial charge in [0, 0.05) is 18.0 Å². The van der Waals surface area contributed by atoms with Crippen molar-refractivity contribution in [3.05, 3.63) is 16.0 Å². The van der Waals surface area contributed by atoms with Crippen molar-refractivity contribution in [2.24, 2.45) is 0 Å². The number of rotatable bonds is 5. The summed E-state index contributed by atoms with van der Waals surface area (Å²) in [4.78, 5) is 28.6. The Balaban J connectivity index is 1.75. The molecule has 1 aromatic heterocycles. The summed E-state index contributed by atoms with van der Waals surface area (Å²) < 4.78 is 11.0. The Hall–Kier alpha value is -1.44. The van der Waals surface area contributed by atoms with E-state index in [-0.39, 0.29) is 24.1 Å². The number of nitrogens with one attached hydrogen (secondary N) is 1. The van der Waals surface area contributed by atoms with Crippen LogP contribution in [0.25, 0.3) is 0 Å². The molecule has 0 spiro atoms. The average molecular weight is 395 g/mol. The zero-order valence-electron chi connectivity index (χ0n) is 16.5. The minimum absolute atomic E-state index is 0.0849. The molecule has 150 valence electrons. The first-order valence-electron chi connectivity index (χ1n) is 9.97. The highest BCUT2D eigenvalue weighted by Gasteiger charge is 2.28. The zero-order valence-corrected chi connectivity index (χ0v) is 17.3. The van der Waals surface area contributed by atoms with Crippen LogP contribution in [0.5, 0.6) is 0 Å². The van der Waals surface area contributed by atoms with E-state index in [1.165, 1.54) is 11.3 Å². The summed E-state index contributed by atoms with van der Waals surface area (Å²) in [6.45, 7) is 7.98. The Kier molecular flexibility index (Phi) is 6.89. The van der Waals surface area contributed by atoms with E-state index in [9.17, 15) is 9.59 Å². The number of fused-ring (bicyclic) bond motifs is 1. The van der Waals surface area contributed by atoms with Gasteiger partial charge in [-0.25, -0.2) is 4.79 Å². The fourth-order valence-electron chi connectivity index (χ4n) is 4.03. The van der Waals surface area contributed by atoms with Crippen molar-refractivity contribution in [2.45, 2.75) is 65.1 Å². The number of carbonyl (C=O) groups excluding carboxylic acids is 2. The quantitative estimate of drug-likeness (QED) is 0.613. The highest BCUT2D eigenvalue weighted by molar-refractivity contribution is 7.17. The van der Waals surface area contributed by atoms with Gasteiger partial charge in [-0.1, -0.05) is 6.42 Å². The third-order valence-corrected chi connectivity index (χ3v) is 6.22. The molecule has 1 amide bonds. The summed E-state index contributed by atoms with van der Waals surface area (Å²) in [5.74, 6) is -0.404. The second kappa shape index (κ2) is 9.17. The van der Waals surface area contributed by atoms with Gasteiger partial charge in [-0.3, -0.25) is 9.69 Å². The molecule has 6 nitrogen and oxygen atoms in total. The molecule has 1 aliphatic carbocycles. The van der Waals surface area contributed by atoms with Crippen molar-refractivity contribution in [3.8, 4) is 0 Å². The lowest BCUT2D eigenvalue weighted by Crippen LogP contribution is -2.48. The Labute approximate surface area is 165 Å². The molecule has 2 atom stereocenters. The number of morpholine rings is 1. The average Bonchev–Trinajstić information content (AvgIpc) is 2.75. The second-order valence-electron chi connectivity index (χ2n) is 7.49. The summed E-state index contributed by atoms with van der Waals surface area (Å²) in [7, 11) is 0. The van der Waals surface area contributed by atoms with Crippen LogP contribution >= 0.6 is 11.3 Å². The van der Waals surface area contributed by atoms with Crippen LogP contribution in [0.1, 0.15) is 60.8 Å². The van der Waals surface area contributed by atoms with Gasteiger partial charge >= 0.3 is 5.97 Å². The normalized spacial score (nSPS) is 23.4. The standard InChI is InChI=1S/C20H30N2O4S/c1-4-25-20(24)18-15-8-6-5-7-9-16(15)27-19(18)21-17(23)12-22-10-13(2)26-14(3)11-22/h13-14H,4-12H2,1-3H3,(H,21,23)/t13-,14-/m0/s1. The van der Waals surface area contributed by atoms with E-state index in [1.807, 2.05) is 20.8 Å². The molecule has 0 saturated carbocycles. The number of esters is 1. The largest absolute Gasteiger partial charge is 0.462 e. The maximum atomic E-state index is 12.7. The summed E-state index contributed by atoms with van der Waals surface area (Å²) in [5.41, 5.74) is 1.66. The van der Waals surface area contributed by atoms with Gasteiger partial charge in [0.25, 0.3) is 0 Å². The van der Waals surface area contributed by atoms with E-state index in [2.05, 4.69) is 10.2 Å². The van der Waals surface area contributed by atoms with E-state index in [0.717, 1.165) is 44.3 Å². The van der Waals surface area contributed by atoms with Crippen LogP contribution in [0.4, 0.5) is 5.00 Å².